The first-order valence-corrected chi connectivity index (χ1v) is 11.6. The molecule has 4 aromatic rings. The van der Waals surface area contributed by atoms with E-state index in [4.69, 9.17) is 9.72 Å². The van der Waals surface area contributed by atoms with Crippen LogP contribution in [0.1, 0.15) is 30.7 Å². The fourth-order valence-electron chi connectivity index (χ4n) is 4.27. The number of fused-ring (bicyclic) bond motifs is 2. The van der Waals surface area contributed by atoms with Crippen LogP contribution in [0.25, 0.3) is 16.9 Å². The molecular weight excluding hydrogens is 446 g/mol. The fourth-order valence-corrected chi connectivity index (χ4v) is 4.27. The Bertz CT molecular complexity index is 1440. The van der Waals surface area contributed by atoms with Crippen molar-refractivity contribution < 1.29 is 9.84 Å². The minimum absolute atomic E-state index is 0.237. The summed E-state index contributed by atoms with van der Waals surface area (Å²) in [7, 11) is 1.58. The molecule has 5 rings (SSSR count). The summed E-state index contributed by atoms with van der Waals surface area (Å²) in [6.07, 6.45) is 2.54. The quantitative estimate of drug-likeness (QED) is 0.372. The molecule has 1 aliphatic rings. The summed E-state index contributed by atoms with van der Waals surface area (Å²) < 4.78 is 8.42. The molecule has 0 radical (unpaired) electrons. The molecule has 0 unspecified atom stereocenters. The maximum absolute atomic E-state index is 13.2. The number of pyridine rings is 1. The van der Waals surface area contributed by atoms with Crippen molar-refractivity contribution in [1.29, 1.82) is 0 Å². The van der Waals surface area contributed by atoms with Crippen molar-refractivity contribution in [2.24, 2.45) is 0 Å². The third-order valence-electron chi connectivity index (χ3n) is 6.11. The second-order valence-corrected chi connectivity index (χ2v) is 9.14. The van der Waals surface area contributed by atoms with Gasteiger partial charge in [-0.2, -0.15) is 4.98 Å². The fraction of sp³-hybridized carbons (Fsp3) is 0.360. The Morgan fingerprint density at radius 1 is 1.20 bits per heavy atom. The van der Waals surface area contributed by atoms with Gasteiger partial charge in [-0.1, -0.05) is 12.1 Å². The van der Waals surface area contributed by atoms with E-state index < -0.39 is 5.60 Å². The number of aromatic nitrogens is 5. The highest BCUT2D eigenvalue weighted by Crippen LogP contribution is 2.23. The molecule has 10 heteroatoms. The van der Waals surface area contributed by atoms with E-state index in [1.165, 1.54) is 22.0 Å². The summed E-state index contributed by atoms with van der Waals surface area (Å²) in [6.45, 7) is 5.80. The normalized spacial score (nSPS) is 13.7. The molecule has 3 aromatic heterocycles. The largest absolute Gasteiger partial charge is 0.384 e. The Labute approximate surface area is 202 Å². The molecule has 0 saturated carbocycles. The van der Waals surface area contributed by atoms with E-state index in [1.807, 2.05) is 6.07 Å². The van der Waals surface area contributed by atoms with Crippen molar-refractivity contribution in [1.82, 2.24) is 29.6 Å². The molecule has 1 aliphatic heterocycles. The summed E-state index contributed by atoms with van der Waals surface area (Å²) in [6, 6.07) is 11.6. The number of rotatable bonds is 7. The van der Waals surface area contributed by atoms with Crippen LogP contribution in [0, 0.1) is 0 Å². The summed E-state index contributed by atoms with van der Waals surface area (Å²) in [5.74, 6) is 0.842. The van der Waals surface area contributed by atoms with Gasteiger partial charge >= 0.3 is 0 Å². The van der Waals surface area contributed by atoms with Gasteiger partial charge in [0.05, 0.1) is 18.8 Å². The highest BCUT2D eigenvalue weighted by molar-refractivity contribution is 5.77. The lowest BCUT2D eigenvalue weighted by Crippen LogP contribution is -2.26. The topological polar surface area (TPSA) is 119 Å². The predicted octanol–water partition coefficient (Wildman–Crippen LogP) is 2.24. The van der Waals surface area contributed by atoms with Crippen molar-refractivity contribution in [2.45, 2.75) is 39.0 Å². The van der Waals surface area contributed by atoms with Gasteiger partial charge in [0.1, 0.15) is 11.0 Å². The van der Waals surface area contributed by atoms with Crippen LogP contribution in [0.4, 0.5) is 11.6 Å². The zero-order valence-corrected chi connectivity index (χ0v) is 20.1. The van der Waals surface area contributed by atoms with Crippen LogP contribution in [0.2, 0.25) is 0 Å². The number of hydrogen-bond donors (Lipinski definition) is 3. The lowest BCUT2D eigenvalue weighted by Gasteiger charge is -2.19. The van der Waals surface area contributed by atoms with Crippen LogP contribution in [-0.4, -0.2) is 49.7 Å². The third-order valence-corrected chi connectivity index (χ3v) is 6.11. The molecule has 0 atom stereocenters. The lowest BCUT2D eigenvalue weighted by atomic mass is 10.0. The van der Waals surface area contributed by atoms with E-state index in [0.717, 1.165) is 25.2 Å². The van der Waals surface area contributed by atoms with Crippen LogP contribution in [0.3, 0.4) is 0 Å². The van der Waals surface area contributed by atoms with Gasteiger partial charge in [0, 0.05) is 25.5 Å². The Kier molecular flexibility index (Phi) is 6.10. The smallest absolute Gasteiger partial charge is 0.278 e. The number of ether oxygens (including phenoxy) is 1. The molecule has 35 heavy (non-hydrogen) atoms. The van der Waals surface area contributed by atoms with E-state index in [9.17, 15) is 9.90 Å². The molecule has 0 amide bonds. The van der Waals surface area contributed by atoms with Gasteiger partial charge in [-0.25, -0.2) is 19.3 Å². The van der Waals surface area contributed by atoms with E-state index in [2.05, 4.69) is 32.7 Å². The van der Waals surface area contributed by atoms with Gasteiger partial charge in [-0.3, -0.25) is 4.79 Å². The lowest BCUT2D eigenvalue weighted by molar-refractivity contribution is 0.0737. The highest BCUT2D eigenvalue weighted by Gasteiger charge is 2.22. The Hall–Kier alpha value is -3.60. The monoisotopic (exact) mass is 475 g/mol. The first-order valence-electron chi connectivity index (χ1n) is 11.6. The summed E-state index contributed by atoms with van der Waals surface area (Å²) in [4.78, 5) is 27.0. The maximum Gasteiger partial charge on any atom is 0.278 e. The van der Waals surface area contributed by atoms with Crippen LogP contribution in [0.15, 0.2) is 47.4 Å². The van der Waals surface area contributed by atoms with E-state index >= 15 is 0 Å². The number of aliphatic hydroxyl groups is 1. The van der Waals surface area contributed by atoms with Crippen molar-refractivity contribution in [3.8, 4) is 5.82 Å². The molecule has 0 spiro atoms. The van der Waals surface area contributed by atoms with Gasteiger partial charge in [-0.15, -0.1) is 0 Å². The zero-order chi connectivity index (χ0) is 24.6. The van der Waals surface area contributed by atoms with Gasteiger partial charge < -0.3 is 20.5 Å². The Balaban J connectivity index is 1.61. The molecule has 10 nitrogen and oxygen atoms in total. The standard InChI is InChI=1S/C25H29N7O3/c1-25(2,34)20-5-4-6-21(29-20)32-22-19(23(33)31(32)11-12-35-3)15-27-24(30-22)28-18-8-7-16-9-10-26-14-17(16)13-18/h4-8,13,15,26,34H,9-12,14H2,1-3H3,(H,27,28,30). The van der Waals surface area contributed by atoms with E-state index in [1.54, 1.807) is 43.8 Å². The van der Waals surface area contributed by atoms with Crippen molar-refractivity contribution >= 4 is 22.7 Å². The number of benzene rings is 1. The highest BCUT2D eigenvalue weighted by atomic mass is 16.5. The van der Waals surface area contributed by atoms with Crippen LogP contribution >= 0.6 is 0 Å². The van der Waals surface area contributed by atoms with Crippen molar-refractivity contribution in [2.75, 3.05) is 25.6 Å². The number of nitrogens with zero attached hydrogens (tertiary/aromatic N) is 5. The minimum atomic E-state index is -1.14. The minimum Gasteiger partial charge on any atom is -0.384 e. The summed E-state index contributed by atoms with van der Waals surface area (Å²) in [5.41, 5.74) is 2.99. The van der Waals surface area contributed by atoms with Crippen molar-refractivity contribution in [3.63, 3.8) is 0 Å². The van der Waals surface area contributed by atoms with Gasteiger partial charge in [-0.05, 0) is 62.2 Å². The molecule has 1 aromatic carbocycles. The maximum atomic E-state index is 13.2. The number of anilines is 2. The first kappa shape index (κ1) is 23.2. The molecule has 182 valence electrons. The van der Waals surface area contributed by atoms with Gasteiger partial charge in [0.2, 0.25) is 5.95 Å². The molecular formula is C25H29N7O3. The molecule has 0 aliphatic carbocycles. The second kappa shape index (κ2) is 9.21. The Morgan fingerprint density at radius 2 is 2.06 bits per heavy atom. The predicted molar refractivity (Wildman–Crippen MR) is 133 cm³/mol. The number of methoxy groups -OCH3 is 1. The second-order valence-electron chi connectivity index (χ2n) is 9.14. The third kappa shape index (κ3) is 4.55. The van der Waals surface area contributed by atoms with Crippen LogP contribution in [0.5, 0.6) is 0 Å². The average molecular weight is 476 g/mol. The molecule has 4 heterocycles. The molecule has 3 N–H and O–H groups in total. The van der Waals surface area contributed by atoms with Crippen molar-refractivity contribution in [3.05, 3.63) is 69.8 Å². The van der Waals surface area contributed by atoms with Gasteiger partial charge in [0.25, 0.3) is 5.56 Å². The van der Waals surface area contributed by atoms with Crippen LogP contribution in [-0.2, 0) is 29.8 Å². The van der Waals surface area contributed by atoms with E-state index in [-0.39, 0.29) is 5.56 Å². The Morgan fingerprint density at radius 3 is 2.86 bits per heavy atom. The summed E-state index contributed by atoms with van der Waals surface area (Å²) in [5, 5.41) is 17.5. The number of hydrogen-bond acceptors (Lipinski definition) is 8. The SMILES string of the molecule is COCCn1c(=O)c2cnc(Nc3ccc4c(c3)CNCC4)nc2n1-c1cccc(C(C)(C)O)n1. The summed E-state index contributed by atoms with van der Waals surface area (Å²) >= 11 is 0. The molecule has 0 saturated heterocycles. The first-order chi connectivity index (χ1) is 16.8. The molecule has 0 bridgehead atoms. The number of nitrogens with one attached hydrogen (secondary N) is 2. The van der Waals surface area contributed by atoms with E-state index in [0.29, 0.717) is 41.6 Å². The average Bonchev–Trinajstić information content (AvgIpc) is 3.13. The van der Waals surface area contributed by atoms with Crippen LogP contribution < -0.4 is 16.2 Å². The molecule has 0 fully saturated rings. The van der Waals surface area contributed by atoms with Gasteiger partial charge in [0.15, 0.2) is 11.5 Å². The zero-order valence-electron chi connectivity index (χ0n) is 20.1.